The first-order valence-corrected chi connectivity index (χ1v) is 4.45. The van der Waals surface area contributed by atoms with Crippen LogP contribution >= 0.6 is 22.6 Å². The van der Waals surface area contributed by atoms with Crippen LogP contribution in [0, 0.1) is 3.83 Å². The van der Waals surface area contributed by atoms with Gasteiger partial charge >= 0.3 is 0 Å². The average molecular weight is 272 g/mol. The minimum Gasteiger partial charge on any atom is -0.188 e. The Morgan fingerprint density at radius 3 is 2.50 bits per heavy atom. The molecule has 0 spiro atoms. The van der Waals surface area contributed by atoms with E-state index in [1.165, 1.54) is 0 Å². The molecule has 0 unspecified atom stereocenters. The highest BCUT2D eigenvalue weighted by Crippen LogP contribution is 2.07. The Morgan fingerprint density at radius 1 is 1.17 bits per heavy atom. The summed E-state index contributed by atoms with van der Waals surface area (Å²) < 4.78 is 2.44. The van der Waals surface area contributed by atoms with E-state index in [9.17, 15) is 0 Å². The molecule has 0 radical (unpaired) electrons. The van der Waals surface area contributed by atoms with Gasteiger partial charge in [0, 0.05) is 22.6 Å². The number of nitrogens with zero attached hydrogens (tertiary/aromatic N) is 4. The number of tetrazole rings is 1. The number of rotatable bonds is 1. The van der Waals surface area contributed by atoms with E-state index < -0.39 is 0 Å². The third-order valence-electron chi connectivity index (χ3n) is 1.43. The highest BCUT2D eigenvalue weighted by Gasteiger charge is 2.01. The number of benzene rings is 1. The second-order valence-corrected chi connectivity index (χ2v) is 3.16. The summed E-state index contributed by atoms with van der Waals surface area (Å²) in [6, 6.07) is 9.78. The molecule has 0 aliphatic rings. The largest absolute Gasteiger partial charge is 0.217 e. The lowest BCUT2D eigenvalue weighted by Gasteiger charge is -1.97. The molecule has 0 saturated carbocycles. The Labute approximate surface area is 82.7 Å². The van der Waals surface area contributed by atoms with Gasteiger partial charge in [-0.25, -0.2) is 0 Å². The Morgan fingerprint density at radius 2 is 1.92 bits per heavy atom. The van der Waals surface area contributed by atoms with E-state index in [0.717, 1.165) is 9.52 Å². The zero-order valence-electron chi connectivity index (χ0n) is 6.05. The number of hydrogen-bond acceptors (Lipinski definition) is 3. The maximum atomic E-state index is 3.83. The van der Waals surface area contributed by atoms with Crippen molar-refractivity contribution in [2.75, 3.05) is 0 Å². The van der Waals surface area contributed by atoms with Crippen molar-refractivity contribution in [2.24, 2.45) is 0 Å². The van der Waals surface area contributed by atoms with Crippen molar-refractivity contribution in [3.05, 3.63) is 34.2 Å². The summed E-state index contributed by atoms with van der Waals surface area (Å²) in [5.41, 5.74) is 0.979. The third-order valence-corrected chi connectivity index (χ3v) is 2.10. The second-order valence-electron chi connectivity index (χ2n) is 2.20. The molecule has 4 nitrogen and oxygen atoms in total. The normalized spacial score (nSPS) is 10.1. The quantitative estimate of drug-likeness (QED) is 0.734. The molecule has 0 aliphatic heterocycles. The van der Waals surface area contributed by atoms with Gasteiger partial charge in [-0.15, -0.1) is 5.10 Å². The van der Waals surface area contributed by atoms with Gasteiger partial charge in [-0.2, -0.15) is 4.68 Å². The minimum absolute atomic E-state index is 0.763. The summed E-state index contributed by atoms with van der Waals surface area (Å²) in [6.07, 6.45) is 0. The Kier molecular flexibility index (Phi) is 2.03. The maximum absolute atomic E-state index is 3.83. The SMILES string of the molecule is Ic1nnnn1-c1ccccc1. The molecule has 0 bridgehead atoms. The summed E-state index contributed by atoms with van der Waals surface area (Å²) in [5.74, 6) is 0. The van der Waals surface area contributed by atoms with E-state index in [1.807, 2.05) is 30.3 Å². The summed E-state index contributed by atoms with van der Waals surface area (Å²) in [4.78, 5) is 0. The van der Waals surface area contributed by atoms with E-state index in [0.29, 0.717) is 0 Å². The molecule has 2 rings (SSSR count). The lowest BCUT2D eigenvalue weighted by molar-refractivity contribution is 0.783. The molecule has 0 aliphatic carbocycles. The third kappa shape index (κ3) is 1.31. The van der Waals surface area contributed by atoms with E-state index in [1.54, 1.807) is 4.68 Å². The molecule has 1 heterocycles. The lowest BCUT2D eigenvalue weighted by Crippen LogP contribution is -1.98. The van der Waals surface area contributed by atoms with Crippen molar-refractivity contribution >= 4 is 22.6 Å². The van der Waals surface area contributed by atoms with Gasteiger partial charge in [0.25, 0.3) is 0 Å². The van der Waals surface area contributed by atoms with Crippen LogP contribution in [0.5, 0.6) is 0 Å². The van der Waals surface area contributed by atoms with Crippen molar-refractivity contribution in [1.29, 1.82) is 0 Å². The number of aromatic nitrogens is 4. The van der Waals surface area contributed by atoms with Crippen LogP contribution in [0.2, 0.25) is 0 Å². The first kappa shape index (κ1) is 7.66. The van der Waals surface area contributed by atoms with E-state index in [-0.39, 0.29) is 0 Å². The van der Waals surface area contributed by atoms with Gasteiger partial charge in [0.1, 0.15) is 0 Å². The van der Waals surface area contributed by atoms with Crippen molar-refractivity contribution in [3.8, 4) is 5.69 Å². The fraction of sp³-hybridized carbons (Fsp3) is 0. The summed E-state index contributed by atoms with van der Waals surface area (Å²) in [7, 11) is 0. The van der Waals surface area contributed by atoms with Gasteiger partial charge in [-0.05, 0) is 22.6 Å². The first-order valence-electron chi connectivity index (χ1n) is 3.37. The number of halogens is 1. The maximum Gasteiger partial charge on any atom is 0.217 e. The standard InChI is InChI=1S/C7H5IN4/c8-7-9-10-11-12(7)6-4-2-1-3-5-6/h1-5H. The molecule has 0 N–H and O–H groups in total. The smallest absolute Gasteiger partial charge is 0.188 e. The van der Waals surface area contributed by atoms with Crippen LogP contribution in [0.4, 0.5) is 0 Å². The molecular formula is C7H5IN4. The Hall–Kier alpha value is -0.980. The zero-order valence-corrected chi connectivity index (χ0v) is 8.21. The van der Waals surface area contributed by atoms with E-state index in [2.05, 4.69) is 38.1 Å². The first-order chi connectivity index (χ1) is 5.88. The van der Waals surface area contributed by atoms with Gasteiger partial charge in [-0.1, -0.05) is 18.2 Å². The van der Waals surface area contributed by atoms with E-state index in [4.69, 9.17) is 0 Å². The van der Waals surface area contributed by atoms with Gasteiger partial charge in [0.05, 0.1) is 5.69 Å². The van der Waals surface area contributed by atoms with Gasteiger partial charge in [-0.3, -0.25) is 0 Å². The van der Waals surface area contributed by atoms with Crippen molar-refractivity contribution in [1.82, 2.24) is 20.2 Å². The van der Waals surface area contributed by atoms with Gasteiger partial charge in [0.15, 0.2) is 0 Å². The fourth-order valence-electron chi connectivity index (χ4n) is 0.904. The minimum atomic E-state index is 0.763. The molecule has 12 heavy (non-hydrogen) atoms. The van der Waals surface area contributed by atoms with Crippen LogP contribution in [0.15, 0.2) is 30.3 Å². The summed E-state index contributed by atoms with van der Waals surface area (Å²) in [5, 5.41) is 11.2. The van der Waals surface area contributed by atoms with Crippen LogP contribution < -0.4 is 0 Å². The topological polar surface area (TPSA) is 43.6 Å². The molecule has 1 aromatic heterocycles. The van der Waals surface area contributed by atoms with Crippen LogP contribution in [0.3, 0.4) is 0 Å². The molecule has 0 atom stereocenters. The molecule has 2 aromatic rings. The van der Waals surface area contributed by atoms with Gasteiger partial charge in [0.2, 0.25) is 3.83 Å². The second kappa shape index (κ2) is 3.18. The number of hydrogen-bond donors (Lipinski definition) is 0. The highest BCUT2D eigenvalue weighted by atomic mass is 127. The fourth-order valence-corrected chi connectivity index (χ4v) is 1.38. The molecule has 60 valence electrons. The highest BCUT2D eigenvalue weighted by molar-refractivity contribution is 14.1. The van der Waals surface area contributed by atoms with Crippen LogP contribution in [0.1, 0.15) is 0 Å². The van der Waals surface area contributed by atoms with Crippen LogP contribution in [-0.2, 0) is 0 Å². The van der Waals surface area contributed by atoms with Crippen LogP contribution in [-0.4, -0.2) is 20.2 Å². The monoisotopic (exact) mass is 272 g/mol. The molecule has 0 amide bonds. The molecule has 0 fully saturated rings. The number of para-hydroxylation sites is 1. The molecule has 1 aromatic carbocycles. The van der Waals surface area contributed by atoms with Crippen molar-refractivity contribution in [3.63, 3.8) is 0 Å². The Bertz CT molecular complexity index is 370. The predicted octanol–water partition coefficient (Wildman–Crippen LogP) is 1.27. The van der Waals surface area contributed by atoms with Crippen LogP contribution in [0.25, 0.3) is 5.69 Å². The molecule has 0 saturated heterocycles. The predicted molar refractivity (Wildman–Crippen MR) is 51.9 cm³/mol. The molecular weight excluding hydrogens is 267 g/mol. The van der Waals surface area contributed by atoms with E-state index >= 15 is 0 Å². The molecule has 5 heteroatoms. The summed E-state index contributed by atoms with van der Waals surface area (Å²) in [6.45, 7) is 0. The van der Waals surface area contributed by atoms with Gasteiger partial charge < -0.3 is 0 Å². The Balaban J connectivity index is 2.51. The average Bonchev–Trinajstić information content (AvgIpc) is 2.53. The lowest BCUT2D eigenvalue weighted by atomic mass is 10.3. The summed E-state index contributed by atoms with van der Waals surface area (Å²) >= 11 is 2.09. The zero-order chi connectivity index (χ0) is 8.39. The van der Waals surface area contributed by atoms with Crippen molar-refractivity contribution in [2.45, 2.75) is 0 Å². The van der Waals surface area contributed by atoms with Crippen molar-refractivity contribution < 1.29 is 0 Å².